The van der Waals surface area contributed by atoms with E-state index in [1.54, 1.807) is 24.3 Å². The number of ether oxygens (including phenoxy) is 1. The number of carbonyl (C=O) groups is 2. The summed E-state index contributed by atoms with van der Waals surface area (Å²) in [4.78, 5) is 24.2. The Hall–Kier alpha value is -2.60. The van der Waals surface area contributed by atoms with Crippen LogP contribution in [0.2, 0.25) is 5.02 Å². The number of esters is 1. The summed E-state index contributed by atoms with van der Waals surface area (Å²) in [7, 11) is 0. The fraction of sp³-hybridized carbons (Fsp3) is 0.200. The van der Waals surface area contributed by atoms with Crippen molar-refractivity contribution in [3.05, 3.63) is 82.1 Å². The molecule has 0 saturated heterocycles. The molecule has 1 aliphatic rings. The van der Waals surface area contributed by atoms with Gasteiger partial charge in [-0.2, -0.15) is 13.2 Å². The Morgan fingerprint density at radius 3 is 2.22 bits per heavy atom. The fourth-order valence-electron chi connectivity index (χ4n) is 2.87. The van der Waals surface area contributed by atoms with Crippen LogP contribution in [0.5, 0.6) is 0 Å². The Morgan fingerprint density at radius 2 is 1.63 bits per heavy atom. The van der Waals surface area contributed by atoms with E-state index >= 15 is 0 Å². The summed E-state index contributed by atoms with van der Waals surface area (Å²) >= 11 is 5.87. The molecule has 140 valence electrons. The zero-order valence-corrected chi connectivity index (χ0v) is 14.7. The number of rotatable bonds is 3. The number of ketones is 1. The zero-order valence-electron chi connectivity index (χ0n) is 13.9. The van der Waals surface area contributed by atoms with E-state index in [2.05, 4.69) is 0 Å². The van der Waals surface area contributed by atoms with E-state index in [1.165, 1.54) is 6.08 Å². The first-order valence-corrected chi connectivity index (χ1v) is 8.48. The molecule has 3 rings (SSSR count). The Morgan fingerprint density at radius 1 is 1.00 bits per heavy atom. The number of allylic oxidation sites excluding steroid dienone is 2. The van der Waals surface area contributed by atoms with Gasteiger partial charge in [0.2, 0.25) is 0 Å². The van der Waals surface area contributed by atoms with Gasteiger partial charge in [-0.05, 0) is 47.9 Å². The van der Waals surface area contributed by atoms with E-state index in [-0.39, 0.29) is 29.4 Å². The quantitative estimate of drug-likeness (QED) is 0.641. The van der Waals surface area contributed by atoms with E-state index in [0.29, 0.717) is 11.4 Å². The topological polar surface area (TPSA) is 43.4 Å². The van der Waals surface area contributed by atoms with E-state index in [0.717, 1.165) is 29.8 Å². The van der Waals surface area contributed by atoms with E-state index in [9.17, 15) is 22.8 Å². The molecule has 0 spiro atoms. The normalized spacial score (nSPS) is 17.4. The number of hydrogen-bond acceptors (Lipinski definition) is 3. The van der Waals surface area contributed by atoms with Crippen LogP contribution in [0, 0.1) is 0 Å². The fourth-order valence-corrected chi connectivity index (χ4v) is 3.00. The highest BCUT2D eigenvalue weighted by molar-refractivity contribution is 6.30. The largest absolute Gasteiger partial charge is 0.427 e. The molecular weight excluding hydrogens is 381 g/mol. The maximum Gasteiger partial charge on any atom is 0.416 e. The summed E-state index contributed by atoms with van der Waals surface area (Å²) in [6, 6.07) is 10.8. The van der Waals surface area contributed by atoms with Crippen LogP contribution in [0.25, 0.3) is 0 Å². The van der Waals surface area contributed by atoms with Gasteiger partial charge in [0.1, 0.15) is 5.76 Å². The minimum atomic E-state index is -4.48. The highest BCUT2D eigenvalue weighted by Crippen LogP contribution is 2.33. The standard InChI is InChI=1S/C20H14ClF3O3/c21-16-7-3-12(4-8-16)14-9-17(25)11-18(10-14)27-19(26)13-1-5-15(6-2-13)20(22,23)24/h1-8,11,14H,9-10H2. The molecule has 0 N–H and O–H groups in total. The van der Waals surface area contributed by atoms with Gasteiger partial charge in [0, 0.05) is 23.9 Å². The van der Waals surface area contributed by atoms with Crippen LogP contribution in [0.1, 0.15) is 40.2 Å². The van der Waals surface area contributed by atoms with Crippen molar-refractivity contribution < 1.29 is 27.5 Å². The number of hydrogen-bond donors (Lipinski definition) is 0. The molecule has 0 radical (unpaired) electrons. The van der Waals surface area contributed by atoms with E-state index in [4.69, 9.17) is 16.3 Å². The number of benzene rings is 2. The predicted molar refractivity (Wildman–Crippen MR) is 93.4 cm³/mol. The van der Waals surface area contributed by atoms with Gasteiger partial charge in [-0.25, -0.2) is 4.79 Å². The first kappa shape index (κ1) is 19.2. The summed E-state index contributed by atoms with van der Waals surface area (Å²) in [6.45, 7) is 0. The second-order valence-corrected chi connectivity index (χ2v) is 6.63. The molecule has 0 aliphatic heterocycles. The number of alkyl halides is 3. The third kappa shape index (κ3) is 4.77. The summed E-state index contributed by atoms with van der Waals surface area (Å²) in [5, 5.41) is 0.574. The first-order valence-electron chi connectivity index (χ1n) is 8.10. The summed E-state index contributed by atoms with van der Waals surface area (Å²) in [5.74, 6) is -0.956. The van der Waals surface area contributed by atoms with Crippen molar-refractivity contribution in [2.24, 2.45) is 0 Å². The average Bonchev–Trinajstić information content (AvgIpc) is 2.61. The third-order valence-corrected chi connectivity index (χ3v) is 4.48. The van der Waals surface area contributed by atoms with E-state index in [1.807, 2.05) is 0 Å². The molecule has 3 nitrogen and oxygen atoms in total. The molecule has 0 bridgehead atoms. The Kier molecular flexibility index (Phi) is 5.37. The van der Waals surface area contributed by atoms with Crippen molar-refractivity contribution in [2.45, 2.75) is 24.9 Å². The molecule has 7 heteroatoms. The monoisotopic (exact) mass is 394 g/mol. The Labute approximate surface area is 158 Å². The molecule has 2 aromatic rings. The van der Waals surface area contributed by atoms with Crippen molar-refractivity contribution in [1.29, 1.82) is 0 Å². The van der Waals surface area contributed by atoms with Crippen LogP contribution in [0.3, 0.4) is 0 Å². The number of halogens is 4. The lowest BCUT2D eigenvalue weighted by Gasteiger charge is -2.22. The lowest BCUT2D eigenvalue weighted by Crippen LogP contribution is -2.16. The summed E-state index contributed by atoms with van der Waals surface area (Å²) in [6.07, 6.45) is -2.61. The van der Waals surface area contributed by atoms with Crippen molar-refractivity contribution in [1.82, 2.24) is 0 Å². The minimum Gasteiger partial charge on any atom is -0.427 e. The number of carbonyl (C=O) groups excluding carboxylic acids is 2. The Balaban J connectivity index is 1.71. The van der Waals surface area contributed by atoms with E-state index < -0.39 is 17.7 Å². The predicted octanol–water partition coefficient (Wildman–Crippen LogP) is 5.55. The van der Waals surface area contributed by atoms with Gasteiger partial charge in [-0.15, -0.1) is 0 Å². The molecule has 2 aromatic carbocycles. The van der Waals surface area contributed by atoms with Gasteiger partial charge >= 0.3 is 12.1 Å². The molecule has 0 saturated carbocycles. The minimum absolute atomic E-state index is 0.0232. The maximum atomic E-state index is 12.6. The van der Waals surface area contributed by atoms with Crippen molar-refractivity contribution in [3.8, 4) is 0 Å². The molecule has 27 heavy (non-hydrogen) atoms. The second-order valence-electron chi connectivity index (χ2n) is 6.20. The van der Waals surface area contributed by atoms with Gasteiger partial charge < -0.3 is 4.74 Å². The molecule has 1 atom stereocenters. The van der Waals surface area contributed by atoms with Crippen LogP contribution in [0.4, 0.5) is 13.2 Å². The molecule has 0 amide bonds. The lowest BCUT2D eigenvalue weighted by atomic mass is 9.86. The lowest BCUT2D eigenvalue weighted by molar-refractivity contribution is -0.137. The van der Waals surface area contributed by atoms with Crippen molar-refractivity contribution in [2.75, 3.05) is 0 Å². The molecule has 1 aliphatic carbocycles. The molecule has 0 aromatic heterocycles. The molecule has 0 heterocycles. The average molecular weight is 395 g/mol. The smallest absolute Gasteiger partial charge is 0.416 e. The van der Waals surface area contributed by atoms with Crippen molar-refractivity contribution in [3.63, 3.8) is 0 Å². The van der Waals surface area contributed by atoms with Crippen LogP contribution >= 0.6 is 11.6 Å². The molecular formula is C20H14ClF3O3. The SMILES string of the molecule is O=C1C=C(OC(=O)c2ccc(C(F)(F)F)cc2)CC(c2ccc(Cl)cc2)C1. The van der Waals surface area contributed by atoms with Crippen LogP contribution in [-0.2, 0) is 15.7 Å². The van der Waals surface area contributed by atoms with Crippen LogP contribution in [-0.4, -0.2) is 11.8 Å². The molecule has 0 fully saturated rings. The van der Waals surface area contributed by atoms with Gasteiger partial charge in [0.25, 0.3) is 0 Å². The maximum absolute atomic E-state index is 12.6. The van der Waals surface area contributed by atoms with Crippen LogP contribution in [0.15, 0.2) is 60.4 Å². The van der Waals surface area contributed by atoms with Crippen LogP contribution < -0.4 is 0 Å². The summed E-state index contributed by atoms with van der Waals surface area (Å²) < 4.78 is 43.0. The molecule has 1 unspecified atom stereocenters. The highest BCUT2D eigenvalue weighted by atomic mass is 35.5. The Bertz CT molecular complexity index is 884. The first-order chi connectivity index (χ1) is 12.7. The summed E-state index contributed by atoms with van der Waals surface area (Å²) in [5.41, 5.74) is 0.0165. The second kappa shape index (κ2) is 7.56. The van der Waals surface area contributed by atoms with Gasteiger partial charge in [-0.1, -0.05) is 23.7 Å². The van der Waals surface area contributed by atoms with Crippen molar-refractivity contribution >= 4 is 23.4 Å². The third-order valence-electron chi connectivity index (χ3n) is 4.23. The highest BCUT2D eigenvalue weighted by Gasteiger charge is 2.30. The zero-order chi connectivity index (χ0) is 19.6. The van der Waals surface area contributed by atoms with Gasteiger partial charge in [-0.3, -0.25) is 4.79 Å². The van der Waals surface area contributed by atoms with Gasteiger partial charge in [0.15, 0.2) is 5.78 Å². The van der Waals surface area contributed by atoms with Gasteiger partial charge in [0.05, 0.1) is 11.1 Å².